The molecule has 3 heterocycles. The van der Waals surface area contributed by atoms with Crippen molar-refractivity contribution in [2.24, 2.45) is 0 Å². The fourth-order valence-electron chi connectivity index (χ4n) is 4.21. The zero-order chi connectivity index (χ0) is 22.9. The zero-order valence-corrected chi connectivity index (χ0v) is 19.4. The first-order chi connectivity index (χ1) is 15.3. The fourth-order valence-corrected chi connectivity index (χ4v) is 6.77. The molecule has 32 heavy (non-hydrogen) atoms. The van der Waals surface area contributed by atoms with E-state index < -0.39 is 9.84 Å². The molecule has 4 rings (SSSR count). The normalized spacial score (nSPS) is 19.2. The molecule has 10 heteroatoms. The molecule has 1 saturated heterocycles. The van der Waals surface area contributed by atoms with Gasteiger partial charge >= 0.3 is 0 Å². The summed E-state index contributed by atoms with van der Waals surface area (Å²) in [6, 6.07) is 10.4. The largest absolute Gasteiger partial charge is 0.353 e. The van der Waals surface area contributed by atoms with E-state index in [0.717, 1.165) is 5.82 Å². The van der Waals surface area contributed by atoms with Crippen molar-refractivity contribution in [3.8, 4) is 6.07 Å². The van der Waals surface area contributed by atoms with Gasteiger partial charge in [-0.2, -0.15) is 5.26 Å². The van der Waals surface area contributed by atoms with Gasteiger partial charge in [-0.1, -0.05) is 6.07 Å². The van der Waals surface area contributed by atoms with E-state index in [0.29, 0.717) is 28.9 Å². The number of benzene rings is 1. The Bertz CT molecular complexity index is 1270. The predicted octanol–water partition coefficient (Wildman–Crippen LogP) is 2.85. The lowest BCUT2D eigenvalue weighted by Gasteiger charge is -2.45. The molecule has 1 amide bonds. The van der Waals surface area contributed by atoms with E-state index in [4.69, 9.17) is 5.26 Å². The van der Waals surface area contributed by atoms with E-state index in [-0.39, 0.29) is 35.1 Å². The van der Waals surface area contributed by atoms with Crippen molar-refractivity contribution in [3.63, 3.8) is 0 Å². The number of aromatic nitrogens is 2. The minimum Gasteiger partial charge on any atom is -0.353 e. The molecule has 0 aliphatic carbocycles. The van der Waals surface area contributed by atoms with Gasteiger partial charge in [-0.05, 0) is 38.1 Å². The molecule has 1 aliphatic heterocycles. The van der Waals surface area contributed by atoms with Crippen LogP contribution >= 0.6 is 11.3 Å². The number of hydrogen-bond acceptors (Lipinski definition) is 8. The number of nitrogens with zero attached hydrogens (tertiary/aromatic N) is 5. The number of rotatable bonds is 5. The lowest BCUT2D eigenvalue weighted by Crippen LogP contribution is -2.59. The van der Waals surface area contributed by atoms with Crippen LogP contribution in [0.15, 0.2) is 46.9 Å². The number of carbonyl (C=O) groups excluding carboxylic acids is 1. The van der Waals surface area contributed by atoms with Crippen LogP contribution in [-0.2, 0) is 14.6 Å². The van der Waals surface area contributed by atoms with Crippen molar-refractivity contribution >= 4 is 43.1 Å². The van der Waals surface area contributed by atoms with Crippen LogP contribution in [0.2, 0.25) is 0 Å². The van der Waals surface area contributed by atoms with Crippen LogP contribution in [0.4, 0.5) is 5.82 Å². The summed E-state index contributed by atoms with van der Waals surface area (Å²) in [6.45, 7) is 5.08. The van der Waals surface area contributed by atoms with E-state index in [2.05, 4.69) is 20.9 Å². The van der Waals surface area contributed by atoms with Crippen LogP contribution in [0.3, 0.4) is 0 Å². The number of thiazole rings is 1. The van der Waals surface area contributed by atoms with Crippen LogP contribution in [0.1, 0.15) is 25.8 Å². The summed E-state index contributed by atoms with van der Waals surface area (Å²) in [4.78, 5) is 25.7. The highest BCUT2D eigenvalue weighted by atomic mass is 32.2. The van der Waals surface area contributed by atoms with Gasteiger partial charge in [-0.25, -0.2) is 18.4 Å². The lowest BCUT2D eigenvalue weighted by atomic mass is 10.1. The zero-order valence-electron chi connectivity index (χ0n) is 17.8. The monoisotopic (exact) mass is 469 g/mol. The summed E-state index contributed by atoms with van der Waals surface area (Å²) in [5.41, 5.74) is 2.77. The molecule has 3 aromatic rings. The van der Waals surface area contributed by atoms with Gasteiger partial charge in [0, 0.05) is 37.8 Å². The number of sulfone groups is 1. The Balaban J connectivity index is 1.43. The summed E-state index contributed by atoms with van der Waals surface area (Å²) >= 11 is 1.29. The Morgan fingerprint density at radius 3 is 2.59 bits per heavy atom. The van der Waals surface area contributed by atoms with Crippen molar-refractivity contribution in [2.75, 3.05) is 23.7 Å². The number of anilines is 1. The average Bonchev–Trinajstić information content (AvgIpc) is 3.26. The molecule has 166 valence electrons. The molecular weight excluding hydrogens is 446 g/mol. The third-order valence-corrected chi connectivity index (χ3v) is 8.40. The van der Waals surface area contributed by atoms with Gasteiger partial charge in [0.15, 0.2) is 9.84 Å². The van der Waals surface area contributed by atoms with Crippen LogP contribution in [-0.4, -0.2) is 60.1 Å². The maximum absolute atomic E-state index is 13.0. The highest BCUT2D eigenvalue weighted by molar-refractivity contribution is 7.91. The SMILES string of the molecule is CC1CN(c2ccc(C#N)cn2)CC(C)N1C(=O)CCS(=O)(=O)c1cccc2ncsc12. The molecule has 0 bridgehead atoms. The van der Waals surface area contributed by atoms with Crippen LogP contribution < -0.4 is 4.90 Å². The highest BCUT2D eigenvalue weighted by Crippen LogP contribution is 2.28. The molecule has 1 aliphatic rings. The molecular formula is C22H23N5O3S2. The molecule has 0 spiro atoms. The van der Waals surface area contributed by atoms with E-state index in [1.165, 1.54) is 17.5 Å². The minimum absolute atomic E-state index is 0.0681. The first kappa shape index (κ1) is 22.2. The third-order valence-electron chi connectivity index (χ3n) is 5.65. The number of nitriles is 1. The van der Waals surface area contributed by atoms with Gasteiger partial charge < -0.3 is 9.80 Å². The van der Waals surface area contributed by atoms with Crippen LogP contribution in [0.5, 0.6) is 0 Å². The van der Waals surface area contributed by atoms with Crippen molar-refractivity contribution < 1.29 is 13.2 Å². The molecule has 1 fully saturated rings. The van der Waals surface area contributed by atoms with E-state index >= 15 is 0 Å². The Morgan fingerprint density at radius 2 is 1.94 bits per heavy atom. The number of hydrogen-bond donors (Lipinski definition) is 0. The van der Waals surface area contributed by atoms with Gasteiger partial charge in [0.1, 0.15) is 11.9 Å². The Labute approximate surface area is 191 Å². The Kier molecular flexibility index (Phi) is 6.13. The second kappa shape index (κ2) is 8.84. The minimum atomic E-state index is -3.61. The first-order valence-electron chi connectivity index (χ1n) is 10.3. The molecule has 8 nitrogen and oxygen atoms in total. The van der Waals surface area contributed by atoms with Gasteiger partial charge in [0.2, 0.25) is 5.91 Å². The van der Waals surface area contributed by atoms with Crippen molar-refractivity contribution in [2.45, 2.75) is 37.2 Å². The molecule has 0 saturated carbocycles. The van der Waals surface area contributed by atoms with Gasteiger partial charge in [0.25, 0.3) is 0 Å². The second-order valence-electron chi connectivity index (χ2n) is 7.95. The molecule has 0 radical (unpaired) electrons. The van der Waals surface area contributed by atoms with E-state index in [9.17, 15) is 13.2 Å². The summed E-state index contributed by atoms with van der Waals surface area (Å²) < 4.78 is 26.5. The smallest absolute Gasteiger partial charge is 0.224 e. The summed E-state index contributed by atoms with van der Waals surface area (Å²) in [5.74, 6) is 0.354. The van der Waals surface area contributed by atoms with E-state index in [1.54, 1.807) is 34.7 Å². The molecule has 2 atom stereocenters. The average molecular weight is 470 g/mol. The molecule has 1 aromatic carbocycles. The maximum Gasteiger partial charge on any atom is 0.224 e. The van der Waals surface area contributed by atoms with Gasteiger partial charge in [0.05, 0.1) is 31.9 Å². The van der Waals surface area contributed by atoms with Crippen molar-refractivity contribution in [1.82, 2.24) is 14.9 Å². The summed E-state index contributed by atoms with van der Waals surface area (Å²) in [7, 11) is -3.61. The fraction of sp³-hybridized carbons (Fsp3) is 0.364. The van der Waals surface area contributed by atoms with Crippen LogP contribution in [0, 0.1) is 11.3 Å². The number of pyridine rings is 1. The predicted molar refractivity (Wildman–Crippen MR) is 123 cm³/mol. The van der Waals surface area contributed by atoms with Gasteiger partial charge in [-0.15, -0.1) is 11.3 Å². The number of amides is 1. The highest BCUT2D eigenvalue weighted by Gasteiger charge is 2.34. The summed E-state index contributed by atoms with van der Waals surface area (Å²) in [6.07, 6.45) is 1.47. The Hall–Kier alpha value is -3.03. The van der Waals surface area contributed by atoms with Crippen molar-refractivity contribution in [1.29, 1.82) is 5.26 Å². The molecule has 2 unspecified atom stereocenters. The topological polar surface area (TPSA) is 107 Å². The maximum atomic E-state index is 13.0. The number of piperazine rings is 1. The van der Waals surface area contributed by atoms with Crippen molar-refractivity contribution in [3.05, 3.63) is 47.6 Å². The van der Waals surface area contributed by atoms with E-state index in [1.807, 2.05) is 19.9 Å². The Morgan fingerprint density at radius 1 is 1.19 bits per heavy atom. The number of carbonyl (C=O) groups is 1. The van der Waals surface area contributed by atoms with Crippen LogP contribution in [0.25, 0.3) is 10.2 Å². The second-order valence-corrected chi connectivity index (χ2v) is 10.9. The standard InChI is InChI=1S/C22H23N5O3S2/c1-15-12-26(20-7-6-17(10-23)11-24-20)13-16(2)27(15)21(28)8-9-32(29,30)19-5-3-4-18-22(19)31-14-25-18/h3-7,11,14-16H,8-9,12-13H2,1-2H3. The first-order valence-corrected chi connectivity index (χ1v) is 12.8. The van der Waals surface area contributed by atoms with Gasteiger partial charge in [-0.3, -0.25) is 4.79 Å². The quantitative estimate of drug-likeness (QED) is 0.565. The molecule has 0 N–H and O–H groups in total. The number of fused-ring (bicyclic) bond motifs is 1. The third kappa shape index (κ3) is 4.31. The molecule has 2 aromatic heterocycles. The summed E-state index contributed by atoms with van der Waals surface area (Å²) in [5, 5.41) is 8.95. The lowest BCUT2D eigenvalue weighted by molar-refractivity contribution is -0.135.